The number of thioether (sulfide) groups is 1. The predicted octanol–water partition coefficient (Wildman–Crippen LogP) is 7.12. The average molecular weight is 501 g/mol. The van der Waals surface area contributed by atoms with Crippen LogP contribution in [-0.4, -0.2) is 34.2 Å². The zero-order valence-electron chi connectivity index (χ0n) is 21.0. The number of hydrogen-bond donors (Lipinski definition) is 2. The van der Waals surface area contributed by atoms with Crippen LogP contribution in [0.25, 0.3) is 0 Å². The van der Waals surface area contributed by atoms with Crippen molar-refractivity contribution < 1.29 is 10.2 Å². The quantitative estimate of drug-likeness (QED) is 0.377. The molecule has 2 heterocycles. The summed E-state index contributed by atoms with van der Waals surface area (Å²) in [5.74, 6) is 1.22. The van der Waals surface area contributed by atoms with E-state index in [2.05, 4.69) is 48.2 Å². The van der Waals surface area contributed by atoms with Crippen LogP contribution < -0.4 is 0 Å². The smallest absolute Gasteiger partial charge is 0.116 e. The van der Waals surface area contributed by atoms with Gasteiger partial charge in [0.1, 0.15) is 11.5 Å². The Bertz CT molecular complexity index is 1160. The summed E-state index contributed by atoms with van der Waals surface area (Å²) in [5, 5.41) is 28.2. The van der Waals surface area contributed by atoms with Crippen LogP contribution in [0, 0.1) is 17.2 Å². The van der Waals surface area contributed by atoms with Gasteiger partial charge in [-0.3, -0.25) is 0 Å². The molecule has 2 N–H and O–H groups in total. The Balaban J connectivity index is 0.000000169. The summed E-state index contributed by atoms with van der Waals surface area (Å²) in [6.07, 6.45) is 6.37. The van der Waals surface area contributed by atoms with Gasteiger partial charge < -0.3 is 15.1 Å². The van der Waals surface area contributed by atoms with Gasteiger partial charge in [-0.15, -0.1) is 11.8 Å². The molecule has 3 atom stereocenters. The Morgan fingerprint density at radius 2 is 1.78 bits per heavy atom. The van der Waals surface area contributed by atoms with Crippen molar-refractivity contribution in [1.29, 1.82) is 5.26 Å². The molecule has 1 fully saturated rings. The van der Waals surface area contributed by atoms with Gasteiger partial charge in [0.15, 0.2) is 0 Å². The Labute approximate surface area is 219 Å². The highest BCUT2D eigenvalue weighted by Crippen LogP contribution is 2.45. The van der Waals surface area contributed by atoms with Gasteiger partial charge in [0.25, 0.3) is 0 Å². The minimum absolute atomic E-state index is 0.315. The molecule has 0 spiro atoms. The highest BCUT2D eigenvalue weighted by molar-refractivity contribution is 7.99. The zero-order valence-corrected chi connectivity index (χ0v) is 21.8. The van der Waals surface area contributed by atoms with Crippen LogP contribution >= 0.6 is 11.8 Å². The molecule has 1 saturated heterocycles. The van der Waals surface area contributed by atoms with Gasteiger partial charge in [0, 0.05) is 22.6 Å². The number of nitrogens with zero attached hydrogens (tertiary/aromatic N) is 2. The van der Waals surface area contributed by atoms with E-state index < -0.39 is 0 Å². The number of aromatic hydroxyl groups is 2. The van der Waals surface area contributed by atoms with Gasteiger partial charge in [-0.2, -0.15) is 5.26 Å². The normalized spacial score (nSPS) is 21.2. The van der Waals surface area contributed by atoms with Crippen LogP contribution in [0.15, 0.2) is 77.7 Å². The molecule has 3 aromatic rings. The third kappa shape index (κ3) is 7.06. The number of fused-ring (bicyclic) bond motifs is 1. The van der Waals surface area contributed by atoms with E-state index >= 15 is 0 Å². The lowest BCUT2D eigenvalue weighted by atomic mass is 9.99. The summed E-state index contributed by atoms with van der Waals surface area (Å²) in [6, 6.07) is 26.6. The van der Waals surface area contributed by atoms with E-state index in [0.717, 1.165) is 42.7 Å². The lowest BCUT2D eigenvalue weighted by Crippen LogP contribution is -2.31. The number of phenolic OH excluding ortho intramolecular Hbond substituents is 2. The van der Waals surface area contributed by atoms with E-state index in [0.29, 0.717) is 28.7 Å². The fraction of sp³-hybridized carbons (Fsp3) is 0.387. The molecule has 2 aliphatic rings. The van der Waals surface area contributed by atoms with Crippen molar-refractivity contribution in [3.63, 3.8) is 0 Å². The topological polar surface area (TPSA) is 67.5 Å². The Morgan fingerprint density at radius 1 is 0.972 bits per heavy atom. The van der Waals surface area contributed by atoms with Crippen molar-refractivity contribution in [2.45, 2.75) is 61.6 Å². The zero-order chi connectivity index (χ0) is 25.3. The lowest BCUT2D eigenvalue weighted by Gasteiger charge is -2.24. The monoisotopic (exact) mass is 500 g/mol. The summed E-state index contributed by atoms with van der Waals surface area (Å²) in [4.78, 5) is 3.69. The molecule has 2 unspecified atom stereocenters. The molecular formula is C31H36N2O2S. The fourth-order valence-corrected chi connectivity index (χ4v) is 6.56. The molecule has 0 bridgehead atoms. The second-order valence-corrected chi connectivity index (χ2v) is 11.1. The molecular weight excluding hydrogens is 464 g/mol. The number of benzene rings is 3. The predicted molar refractivity (Wildman–Crippen MR) is 147 cm³/mol. The maximum Gasteiger partial charge on any atom is 0.116 e. The molecule has 4 nitrogen and oxygen atoms in total. The van der Waals surface area contributed by atoms with Crippen LogP contribution in [0.5, 0.6) is 11.5 Å². The van der Waals surface area contributed by atoms with Crippen molar-refractivity contribution in [2.24, 2.45) is 5.92 Å². The highest BCUT2D eigenvalue weighted by atomic mass is 32.2. The summed E-state index contributed by atoms with van der Waals surface area (Å²) in [5.41, 5.74) is 3.88. The number of likely N-dealkylation sites (tertiary alicyclic amines) is 1. The van der Waals surface area contributed by atoms with E-state index in [9.17, 15) is 10.2 Å². The van der Waals surface area contributed by atoms with Gasteiger partial charge in [-0.25, -0.2) is 0 Å². The first-order valence-corrected chi connectivity index (χ1v) is 13.8. The van der Waals surface area contributed by atoms with Gasteiger partial charge in [-0.05, 0) is 99.0 Å². The molecule has 0 aromatic heterocycles. The van der Waals surface area contributed by atoms with E-state index in [1.54, 1.807) is 23.9 Å². The first kappa shape index (κ1) is 26.1. The second-order valence-electron chi connectivity index (χ2n) is 9.81. The lowest BCUT2D eigenvalue weighted by molar-refractivity contribution is 0.240. The summed E-state index contributed by atoms with van der Waals surface area (Å²) in [6.45, 7) is 4.61. The molecule has 188 valence electrons. The summed E-state index contributed by atoms with van der Waals surface area (Å²) >= 11 is 1.76. The van der Waals surface area contributed by atoms with E-state index in [-0.39, 0.29) is 0 Å². The van der Waals surface area contributed by atoms with E-state index in [1.807, 2.05) is 30.3 Å². The van der Waals surface area contributed by atoms with E-state index in [1.165, 1.54) is 30.5 Å². The third-order valence-electron chi connectivity index (χ3n) is 7.39. The molecule has 0 saturated carbocycles. The van der Waals surface area contributed by atoms with Crippen molar-refractivity contribution in [3.05, 3.63) is 89.5 Å². The summed E-state index contributed by atoms with van der Waals surface area (Å²) in [7, 11) is 0. The van der Waals surface area contributed by atoms with Crippen LogP contribution in [0.2, 0.25) is 0 Å². The molecule has 5 heteroatoms. The van der Waals surface area contributed by atoms with Gasteiger partial charge in [0.05, 0.1) is 6.07 Å². The fourth-order valence-electron chi connectivity index (χ4n) is 5.23. The van der Waals surface area contributed by atoms with Crippen molar-refractivity contribution in [2.75, 3.05) is 13.1 Å². The second kappa shape index (κ2) is 12.9. The van der Waals surface area contributed by atoms with Crippen LogP contribution in [0.1, 0.15) is 54.5 Å². The largest absolute Gasteiger partial charge is 0.508 e. The standard InChI is InChI=1S/C16H22N2.C15H14O2S/c1-14-16(9-11-17)10-13-18(14)12-5-8-15-6-3-2-4-7-15;16-12-3-1-2-11(8-12)14-7-5-10-4-6-13(17)9-15(10)18-14/h2-4,6-7,14,16H,5,8-10,12-13H2,1H3;1-4,6,8-9,14,16-17H,5,7H2/t;14-/m.0/s1. The summed E-state index contributed by atoms with van der Waals surface area (Å²) < 4.78 is 0. The molecule has 0 radical (unpaired) electrons. The molecule has 36 heavy (non-hydrogen) atoms. The Morgan fingerprint density at radius 3 is 2.56 bits per heavy atom. The maximum absolute atomic E-state index is 9.54. The van der Waals surface area contributed by atoms with E-state index in [4.69, 9.17) is 5.26 Å². The molecule has 3 aromatic carbocycles. The number of phenols is 2. The molecule has 2 aliphatic heterocycles. The van der Waals surface area contributed by atoms with Crippen LogP contribution in [-0.2, 0) is 12.8 Å². The van der Waals surface area contributed by atoms with Gasteiger partial charge in [-0.1, -0.05) is 48.5 Å². The Hall–Kier alpha value is -2.94. The minimum atomic E-state index is 0.315. The Kier molecular flexibility index (Phi) is 9.33. The molecule has 0 amide bonds. The minimum Gasteiger partial charge on any atom is -0.508 e. The number of rotatable bonds is 6. The average Bonchev–Trinajstić information content (AvgIpc) is 3.24. The van der Waals surface area contributed by atoms with Crippen molar-refractivity contribution in [3.8, 4) is 17.6 Å². The van der Waals surface area contributed by atoms with Gasteiger partial charge in [0.2, 0.25) is 0 Å². The van der Waals surface area contributed by atoms with Gasteiger partial charge >= 0.3 is 0 Å². The number of aryl methyl sites for hydroxylation is 2. The van der Waals surface area contributed by atoms with Crippen molar-refractivity contribution >= 4 is 11.8 Å². The molecule has 5 rings (SSSR count). The first-order valence-electron chi connectivity index (χ1n) is 13.0. The van der Waals surface area contributed by atoms with Crippen LogP contribution in [0.3, 0.4) is 0 Å². The van der Waals surface area contributed by atoms with Crippen LogP contribution in [0.4, 0.5) is 0 Å². The van der Waals surface area contributed by atoms with Crippen molar-refractivity contribution in [1.82, 2.24) is 4.90 Å². The first-order chi connectivity index (χ1) is 17.5. The number of hydrogen-bond acceptors (Lipinski definition) is 5. The number of nitriles is 1. The third-order valence-corrected chi connectivity index (χ3v) is 8.82. The molecule has 0 aliphatic carbocycles. The maximum atomic E-state index is 9.54. The SMILES string of the molecule is CC1C(CC#N)CCN1CCCc1ccccc1.Oc1cccc([C@@H]2CCc3ccc(O)cc3S2)c1. The highest BCUT2D eigenvalue weighted by Gasteiger charge is 2.29.